The Morgan fingerprint density at radius 2 is 2.41 bits per heavy atom. The van der Waals surface area contributed by atoms with Crippen molar-refractivity contribution in [3.05, 3.63) is 29.3 Å². The van der Waals surface area contributed by atoms with E-state index in [1.165, 1.54) is 5.56 Å². The van der Waals surface area contributed by atoms with E-state index in [1.54, 1.807) is 6.92 Å². The van der Waals surface area contributed by atoms with E-state index < -0.39 is 12.1 Å². The van der Waals surface area contributed by atoms with E-state index in [1.807, 2.05) is 12.1 Å². The lowest BCUT2D eigenvalue weighted by atomic mass is 10.1. The van der Waals surface area contributed by atoms with Crippen molar-refractivity contribution in [3.8, 4) is 5.75 Å². The standard InChI is InChI=1S/C13H16O4/c1-9(13(14)15)16-6-4-10-2-3-12-11(8-10)5-7-17-12/h2-3,8-9H,4-7H2,1H3,(H,14,15)/t9-/m0/s1. The van der Waals surface area contributed by atoms with Gasteiger partial charge >= 0.3 is 5.97 Å². The second-order valence-corrected chi connectivity index (χ2v) is 4.14. The maximum atomic E-state index is 10.6. The Hall–Kier alpha value is -1.55. The number of aliphatic carboxylic acids is 1. The number of fused-ring (bicyclic) bond motifs is 1. The lowest BCUT2D eigenvalue weighted by Crippen LogP contribution is -2.20. The van der Waals surface area contributed by atoms with Crippen LogP contribution in [0.15, 0.2) is 18.2 Å². The molecule has 0 spiro atoms. The molecule has 1 aliphatic rings. The molecule has 2 rings (SSSR count). The van der Waals surface area contributed by atoms with Gasteiger partial charge in [-0.3, -0.25) is 0 Å². The van der Waals surface area contributed by atoms with Gasteiger partial charge in [-0.05, 0) is 30.5 Å². The van der Waals surface area contributed by atoms with Crippen molar-refractivity contribution < 1.29 is 19.4 Å². The molecule has 4 nitrogen and oxygen atoms in total. The molecular weight excluding hydrogens is 220 g/mol. The highest BCUT2D eigenvalue weighted by Gasteiger charge is 2.13. The van der Waals surface area contributed by atoms with Crippen LogP contribution in [0, 0.1) is 0 Å². The predicted octanol–water partition coefficient (Wildman–Crippen LogP) is 1.65. The lowest BCUT2D eigenvalue weighted by molar-refractivity contribution is -0.149. The molecule has 1 heterocycles. The molecular formula is C13H16O4. The maximum absolute atomic E-state index is 10.6. The number of hydrogen-bond donors (Lipinski definition) is 1. The number of carboxylic acids is 1. The van der Waals surface area contributed by atoms with Gasteiger partial charge in [0.2, 0.25) is 0 Å². The van der Waals surface area contributed by atoms with Gasteiger partial charge < -0.3 is 14.6 Å². The SMILES string of the molecule is C[C@H](OCCc1ccc2c(c1)CCO2)C(=O)O. The Morgan fingerprint density at radius 1 is 1.59 bits per heavy atom. The third-order valence-corrected chi connectivity index (χ3v) is 2.86. The van der Waals surface area contributed by atoms with Crippen molar-refractivity contribution >= 4 is 5.97 Å². The van der Waals surface area contributed by atoms with E-state index in [2.05, 4.69) is 6.07 Å². The summed E-state index contributed by atoms with van der Waals surface area (Å²) in [4.78, 5) is 10.6. The van der Waals surface area contributed by atoms with Crippen LogP contribution in [0.4, 0.5) is 0 Å². The topological polar surface area (TPSA) is 55.8 Å². The number of ether oxygens (including phenoxy) is 2. The minimum atomic E-state index is -0.924. The van der Waals surface area contributed by atoms with Crippen molar-refractivity contribution in [2.45, 2.75) is 25.9 Å². The summed E-state index contributed by atoms with van der Waals surface area (Å²) in [5.74, 6) is 0.0425. The molecule has 0 fully saturated rings. The molecule has 0 bridgehead atoms. The Morgan fingerprint density at radius 3 is 3.18 bits per heavy atom. The Labute approximate surface area is 100 Å². The molecule has 0 radical (unpaired) electrons. The van der Waals surface area contributed by atoms with Crippen LogP contribution in [0.2, 0.25) is 0 Å². The first kappa shape index (κ1) is 11.9. The van der Waals surface area contributed by atoms with Crippen LogP contribution in [-0.2, 0) is 22.4 Å². The summed E-state index contributed by atoms with van der Waals surface area (Å²) < 4.78 is 10.6. The number of rotatable bonds is 5. The predicted molar refractivity (Wildman–Crippen MR) is 62.4 cm³/mol. The van der Waals surface area contributed by atoms with Crippen molar-refractivity contribution in [2.24, 2.45) is 0 Å². The molecule has 17 heavy (non-hydrogen) atoms. The highest BCUT2D eigenvalue weighted by Crippen LogP contribution is 2.25. The number of carbonyl (C=O) groups is 1. The molecule has 0 saturated carbocycles. The van der Waals surface area contributed by atoms with Crippen molar-refractivity contribution in [3.63, 3.8) is 0 Å². The number of carboxylic acid groups (broad SMARTS) is 1. The fourth-order valence-corrected chi connectivity index (χ4v) is 1.82. The quantitative estimate of drug-likeness (QED) is 0.844. The van der Waals surface area contributed by atoms with Crippen molar-refractivity contribution in [2.75, 3.05) is 13.2 Å². The van der Waals surface area contributed by atoms with Crippen LogP contribution in [0.3, 0.4) is 0 Å². The maximum Gasteiger partial charge on any atom is 0.332 e. The summed E-state index contributed by atoms with van der Waals surface area (Å²) in [5, 5.41) is 8.66. The van der Waals surface area contributed by atoms with E-state index in [9.17, 15) is 4.79 Å². The molecule has 4 heteroatoms. The average Bonchev–Trinajstić information content (AvgIpc) is 2.75. The molecule has 1 N–H and O–H groups in total. The first-order chi connectivity index (χ1) is 8.16. The average molecular weight is 236 g/mol. The highest BCUT2D eigenvalue weighted by atomic mass is 16.5. The summed E-state index contributed by atoms with van der Waals surface area (Å²) in [7, 11) is 0. The third-order valence-electron chi connectivity index (χ3n) is 2.86. The molecule has 0 saturated heterocycles. The molecule has 0 aliphatic carbocycles. The van der Waals surface area contributed by atoms with Gasteiger partial charge in [-0.25, -0.2) is 4.79 Å². The van der Waals surface area contributed by atoms with E-state index in [-0.39, 0.29) is 0 Å². The summed E-state index contributed by atoms with van der Waals surface area (Å²) in [5.41, 5.74) is 2.39. The summed E-state index contributed by atoms with van der Waals surface area (Å²) in [6.45, 7) is 2.72. The minimum Gasteiger partial charge on any atom is -0.493 e. The van der Waals surface area contributed by atoms with Crippen LogP contribution in [0.1, 0.15) is 18.1 Å². The molecule has 92 valence electrons. The van der Waals surface area contributed by atoms with E-state index in [0.29, 0.717) is 6.61 Å². The number of hydrogen-bond acceptors (Lipinski definition) is 3. The second-order valence-electron chi connectivity index (χ2n) is 4.14. The summed E-state index contributed by atoms with van der Waals surface area (Å²) in [6.07, 6.45) is 0.938. The molecule has 1 aromatic rings. The molecule has 1 atom stereocenters. The second kappa shape index (κ2) is 5.19. The van der Waals surface area contributed by atoms with Crippen LogP contribution < -0.4 is 4.74 Å². The molecule has 0 amide bonds. The lowest BCUT2D eigenvalue weighted by Gasteiger charge is -2.08. The zero-order valence-corrected chi connectivity index (χ0v) is 9.81. The van der Waals surface area contributed by atoms with Gasteiger partial charge in [-0.15, -0.1) is 0 Å². The van der Waals surface area contributed by atoms with Gasteiger partial charge in [0, 0.05) is 6.42 Å². The largest absolute Gasteiger partial charge is 0.493 e. The molecule has 1 aromatic carbocycles. The smallest absolute Gasteiger partial charge is 0.332 e. The third kappa shape index (κ3) is 2.97. The fraction of sp³-hybridized carbons (Fsp3) is 0.462. The zero-order valence-electron chi connectivity index (χ0n) is 9.81. The minimum absolute atomic E-state index is 0.424. The van der Waals surface area contributed by atoms with Crippen LogP contribution in [-0.4, -0.2) is 30.4 Å². The van der Waals surface area contributed by atoms with Gasteiger partial charge in [0.25, 0.3) is 0 Å². The Kier molecular flexibility index (Phi) is 3.64. The highest BCUT2D eigenvalue weighted by molar-refractivity contribution is 5.71. The number of benzene rings is 1. The Balaban J connectivity index is 1.85. The monoisotopic (exact) mass is 236 g/mol. The van der Waals surface area contributed by atoms with Gasteiger partial charge in [0.1, 0.15) is 5.75 Å². The van der Waals surface area contributed by atoms with Crippen LogP contribution >= 0.6 is 0 Å². The molecule has 1 aliphatic heterocycles. The fourth-order valence-electron chi connectivity index (χ4n) is 1.82. The summed E-state index contributed by atoms with van der Waals surface area (Å²) >= 11 is 0. The van der Waals surface area contributed by atoms with E-state index in [0.717, 1.165) is 30.8 Å². The Bertz CT molecular complexity index is 414. The first-order valence-corrected chi connectivity index (χ1v) is 5.76. The van der Waals surface area contributed by atoms with Crippen LogP contribution in [0.5, 0.6) is 5.75 Å². The molecule has 0 unspecified atom stereocenters. The van der Waals surface area contributed by atoms with Gasteiger partial charge in [0.05, 0.1) is 13.2 Å². The van der Waals surface area contributed by atoms with Gasteiger partial charge in [-0.2, -0.15) is 0 Å². The normalized spacial score (nSPS) is 15.1. The van der Waals surface area contributed by atoms with Crippen molar-refractivity contribution in [1.29, 1.82) is 0 Å². The van der Waals surface area contributed by atoms with Crippen LogP contribution in [0.25, 0.3) is 0 Å². The zero-order chi connectivity index (χ0) is 12.3. The van der Waals surface area contributed by atoms with Crippen molar-refractivity contribution in [1.82, 2.24) is 0 Å². The summed E-state index contributed by atoms with van der Waals surface area (Å²) in [6, 6.07) is 6.08. The van der Waals surface area contributed by atoms with E-state index in [4.69, 9.17) is 14.6 Å². The molecule has 0 aromatic heterocycles. The van der Waals surface area contributed by atoms with E-state index >= 15 is 0 Å². The van der Waals surface area contributed by atoms with Gasteiger partial charge in [-0.1, -0.05) is 12.1 Å². The van der Waals surface area contributed by atoms with Gasteiger partial charge in [0.15, 0.2) is 6.10 Å². The first-order valence-electron chi connectivity index (χ1n) is 5.76.